The van der Waals surface area contributed by atoms with Crippen LogP contribution in [0.2, 0.25) is 0 Å². The molecule has 0 rings (SSSR count). The van der Waals surface area contributed by atoms with Crippen LogP contribution in [0.3, 0.4) is 0 Å². The number of carbonyl (C=O) groups excluding carboxylic acids is 1. The standard InChI is InChI=1S/C4H8O.Gd.H2O/c1-2-3-4-5;;/h4H,2-3H2,1H3;;1H2. The third-order valence-electron chi connectivity index (χ3n) is 0.407. The van der Waals surface area contributed by atoms with Gasteiger partial charge in [0.15, 0.2) is 0 Å². The SMILES string of the molecule is CCCC=O.O.[Gd]. The van der Waals surface area contributed by atoms with Crippen molar-refractivity contribution in [2.24, 2.45) is 0 Å². The molecule has 0 amide bonds. The molecule has 0 aromatic carbocycles. The molecule has 7 heavy (non-hydrogen) atoms. The van der Waals surface area contributed by atoms with Crippen LogP contribution >= 0.6 is 0 Å². The maximum absolute atomic E-state index is 9.40. The van der Waals surface area contributed by atoms with Crippen molar-refractivity contribution in [3.05, 3.63) is 0 Å². The fraction of sp³-hybridized carbons (Fsp3) is 0.750. The van der Waals surface area contributed by atoms with E-state index in [1.54, 1.807) is 0 Å². The Morgan fingerprint density at radius 3 is 2.00 bits per heavy atom. The van der Waals surface area contributed by atoms with E-state index < -0.39 is 0 Å². The Balaban J connectivity index is -0.0000000800. The molecule has 0 spiro atoms. The zero-order chi connectivity index (χ0) is 4.12. The van der Waals surface area contributed by atoms with Crippen molar-refractivity contribution in [2.75, 3.05) is 0 Å². The van der Waals surface area contributed by atoms with Gasteiger partial charge in [0, 0.05) is 46.4 Å². The largest absolute Gasteiger partial charge is 0.412 e. The minimum Gasteiger partial charge on any atom is -0.412 e. The zero-order valence-corrected chi connectivity index (χ0v) is 6.52. The van der Waals surface area contributed by atoms with Crippen molar-refractivity contribution in [3.63, 3.8) is 0 Å². The summed E-state index contributed by atoms with van der Waals surface area (Å²) in [7, 11) is 0. The smallest absolute Gasteiger partial charge is 0.119 e. The molecule has 0 aliphatic rings. The van der Waals surface area contributed by atoms with Crippen LogP contribution in [0.4, 0.5) is 0 Å². The maximum atomic E-state index is 9.40. The van der Waals surface area contributed by atoms with Gasteiger partial charge in [0.1, 0.15) is 6.29 Å². The third kappa shape index (κ3) is 19.6. The summed E-state index contributed by atoms with van der Waals surface area (Å²) in [6.07, 6.45) is 2.61. The second kappa shape index (κ2) is 15.8. The summed E-state index contributed by atoms with van der Waals surface area (Å²) in [5, 5.41) is 0. The summed E-state index contributed by atoms with van der Waals surface area (Å²) in [5.74, 6) is 0. The second-order valence-corrected chi connectivity index (χ2v) is 0.955. The molecule has 0 saturated heterocycles. The molecule has 0 aromatic heterocycles. The van der Waals surface area contributed by atoms with Crippen molar-refractivity contribution in [1.82, 2.24) is 0 Å². The molecule has 3 heteroatoms. The first-order valence-electron chi connectivity index (χ1n) is 1.85. The zero-order valence-electron chi connectivity index (χ0n) is 4.25. The summed E-state index contributed by atoms with van der Waals surface area (Å²) < 4.78 is 0. The molecule has 0 bridgehead atoms. The average molecular weight is 247 g/mol. The van der Waals surface area contributed by atoms with Crippen LogP contribution in [0, 0.1) is 39.9 Å². The first-order valence-corrected chi connectivity index (χ1v) is 1.85. The van der Waals surface area contributed by atoms with Gasteiger partial charge in [-0.25, -0.2) is 0 Å². The van der Waals surface area contributed by atoms with Crippen LogP contribution in [-0.4, -0.2) is 11.8 Å². The average Bonchev–Trinajstić information content (AvgIpc) is 1.41. The van der Waals surface area contributed by atoms with E-state index in [1.165, 1.54) is 0 Å². The van der Waals surface area contributed by atoms with Gasteiger partial charge in [0.25, 0.3) is 0 Å². The third-order valence-corrected chi connectivity index (χ3v) is 0.407. The maximum Gasteiger partial charge on any atom is 0.119 e. The quantitative estimate of drug-likeness (QED) is 0.641. The van der Waals surface area contributed by atoms with Gasteiger partial charge in [-0.15, -0.1) is 0 Å². The normalized spacial score (nSPS) is 5.29. The predicted molar refractivity (Wildman–Crippen MR) is 24.6 cm³/mol. The fourth-order valence-corrected chi connectivity index (χ4v) is 0.118. The van der Waals surface area contributed by atoms with Gasteiger partial charge in [-0.3, -0.25) is 0 Å². The number of hydrogen-bond donors (Lipinski definition) is 0. The number of hydrogen-bond acceptors (Lipinski definition) is 1. The first-order chi connectivity index (χ1) is 2.41. The van der Waals surface area contributed by atoms with Gasteiger partial charge in [-0.2, -0.15) is 0 Å². The fourth-order valence-electron chi connectivity index (χ4n) is 0.118. The molecule has 0 heterocycles. The molecule has 2 nitrogen and oxygen atoms in total. The summed E-state index contributed by atoms with van der Waals surface area (Å²) in [6.45, 7) is 1.98. The topological polar surface area (TPSA) is 48.6 Å². The van der Waals surface area contributed by atoms with Crippen molar-refractivity contribution in [3.8, 4) is 0 Å². The number of rotatable bonds is 2. The van der Waals surface area contributed by atoms with Crippen LogP contribution in [0.25, 0.3) is 0 Å². The van der Waals surface area contributed by atoms with Crippen LogP contribution in [0.15, 0.2) is 0 Å². The van der Waals surface area contributed by atoms with Crippen molar-refractivity contribution < 1.29 is 50.2 Å². The van der Waals surface area contributed by atoms with E-state index in [9.17, 15) is 4.79 Å². The minimum atomic E-state index is 0. The molecular formula is C4H10GdO2. The Kier molecular flexibility index (Phi) is 35.3. The molecule has 0 aromatic rings. The van der Waals surface area contributed by atoms with Gasteiger partial charge in [0.05, 0.1) is 0 Å². The van der Waals surface area contributed by atoms with E-state index in [0.717, 1.165) is 12.7 Å². The Bertz CT molecular complexity index is 30.9. The van der Waals surface area contributed by atoms with Gasteiger partial charge in [-0.1, -0.05) is 6.92 Å². The predicted octanol–water partition coefficient (Wildman–Crippen LogP) is 0.161. The Morgan fingerprint density at radius 1 is 1.57 bits per heavy atom. The van der Waals surface area contributed by atoms with E-state index in [4.69, 9.17) is 0 Å². The van der Waals surface area contributed by atoms with Crippen LogP contribution in [0.1, 0.15) is 19.8 Å². The van der Waals surface area contributed by atoms with E-state index in [-0.39, 0.29) is 45.4 Å². The van der Waals surface area contributed by atoms with Gasteiger partial charge < -0.3 is 10.3 Å². The van der Waals surface area contributed by atoms with Crippen LogP contribution < -0.4 is 0 Å². The summed E-state index contributed by atoms with van der Waals surface area (Å²) in [5.41, 5.74) is 0. The van der Waals surface area contributed by atoms with E-state index >= 15 is 0 Å². The summed E-state index contributed by atoms with van der Waals surface area (Å²) in [6, 6.07) is 0. The van der Waals surface area contributed by atoms with Crippen molar-refractivity contribution >= 4 is 6.29 Å². The molecule has 0 saturated carbocycles. The van der Waals surface area contributed by atoms with E-state index in [1.807, 2.05) is 6.92 Å². The second-order valence-electron chi connectivity index (χ2n) is 0.955. The summed E-state index contributed by atoms with van der Waals surface area (Å²) >= 11 is 0. The molecule has 0 radical (unpaired) electrons. The molecule has 0 aliphatic carbocycles. The number of carbonyl (C=O) groups is 1. The first kappa shape index (κ1) is 15.7. The van der Waals surface area contributed by atoms with Gasteiger partial charge in [-0.05, 0) is 6.42 Å². The van der Waals surface area contributed by atoms with Crippen LogP contribution in [0.5, 0.6) is 0 Å². The number of aldehydes is 1. The van der Waals surface area contributed by atoms with E-state index in [2.05, 4.69) is 0 Å². The molecule has 0 unspecified atom stereocenters. The monoisotopic (exact) mass is 248 g/mol. The molecule has 2 N–H and O–H groups in total. The van der Waals surface area contributed by atoms with E-state index in [0.29, 0.717) is 6.42 Å². The summed E-state index contributed by atoms with van der Waals surface area (Å²) in [4.78, 5) is 9.40. The van der Waals surface area contributed by atoms with Crippen LogP contribution in [-0.2, 0) is 4.79 Å². The van der Waals surface area contributed by atoms with Crippen molar-refractivity contribution in [1.29, 1.82) is 0 Å². The molecule has 46 valence electrons. The Labute approximate surface area is 75.7 Å². The number of unbranched alkanes of at least 4 members (excludes halogenated alkanes) is 1. The molecule has 0 atom stereocenters. The van der Waals surface area contributed by atoms with Gasteiger partial charge >= 0.3 is 0 Å². The molecule has 0 aliphatic heterocycles. The Morgan fingerprint density at radius 2 is 2.00 bits per heavy atom. The van der Waals surface area contributed by atoms with Crippen molar-refractivity contribution in [2.45, 2.75) is 19.8 Å². The molecule has 0 fully saturated rings. The molecular weight excluding hydrogens is 237 g/mol. The van der Waals surface area contributed by atoms with Gasteiger partial charge in [0.2, 0.25) is 0 Å². The Hall–Kier alpha value is 0.955. The minimum absolute atomic E-state index is 0.